The summed E-state index contributed by atoms with van der Waals surface area (Å²) >= 11 is 0. The molecule has 0 aromatic carbocycles. The number of methoxy groups -OCH3 is 1. The van der Waals surface area contributed by atoms with Gasteiger partial charge < -0.3 is 10.5 Å². The molecule has 0 rings (SSSR count). The summed E-state index contributed by atoms with van der Waals surface area (Å²) in [6.45, 7) is 6.25. The van der Waals surface area contributed by atoms with Crippen molar-refractivity contribution in [1.82, 2.24) is 4.90 Å². The van der Waals surface area contributed by atoms with Gasteiger partial charge in [0.1, 0.15) is 0 Å². The number of ether oxygens (including phenoxy) is 1. The van der Waals surface area contributed by atoms with E-state index in [1.165, 1.54) is 0 Å². The fraction of sp³-hybridized carbons (Fsp3) is 1.00. The Morgan fingerprint density at radius 1 is 1.22 bits per heavy atom. The molecular weight excluding hydrogens is 245 g/mol. The molecule has 6 heteroatoms. The molecule has 0 saturated carbocycles. The van der Waals surface area contributed by atoms with Crippen LogP contribution in [0.1, 0.15) is 33.1 Å². The fourth-order valence-electron chi connectivity index (χ4n) is 2.07. The largest absolute Gasteiger partial charge is 0.389 e. The van der Waals surface area contributed by atoms with Gasteiger partial charge in [0.15, 0.2) is 0 Å². The Morgan fingerprint density at radius 3 is 2.22 bits per heavy atom. The standard InChI is InChI=1S/C12H25F3N2O/c1-4-17(8-9-18-3)11(2,10-16)6-5-7-12(13,14)15/h4-10,16H2,1-3H3. The molecule has 3 nitrogen and oxygen atoms in total. The third-order valence-electron chi connectivity index (χ3n) is 3.33. The van der Waals surface area contributed by atoms with Crippen LogP contribution in [-0.2, 0) is 4.74 Å². The first-order valence-corrected chi connectivity index (χ1v) is 6.30. The molecule has 1 unspecified atom stereocenters. The first kappa shape index (κ1) is 17.7. The molecule has 0 bridgehead atoms. The predicted octanol–water partition coefficient (Wildman–Crippen LogP) is 2.40. The molecule has 0 saturated heterocycles. The quantitative estimate of drug-likeness (QED) is 0.699. The summed E-state index contributed by atoms with van der Waals surface area (Å²) in [5, 5.41) is 0. The van der Waals surface area contributed by atoms with Crippen LogP contribution in [-0.4, -0.2) is 50.0 Å². The number of hydrogen-bond donors (Lipinski definition) is 1. The molecule has 0 aromatic rings. The maximum absolute atomic E-state index is 12.2. The van der Waals surface area contributed by atoms with Gasteiger partial charge in [-0.05, 0) is 26.3 Å². The van der Waals surface area contributed by atoms with E-state index in [9.17, 15) is 13.2 Å². The van der Waals surface area contributed by atoms with Gasteiger partial charge in [0.2, 0.25) is 0 Å². The Hall–Kier alpha value is -0.330. The third-order valence-corrected chi connectivity index (χ3v) is 3.33. The lowest BCUT2D eigenvalue weighted by atomic mass is 9.92. The number of hydrogen-bond acceptors (Lipinski definition) is 3. The maximum Gasteiger partial charge on any atom is 0.389 e. The molecule has 18 heavy (non-hydrogen) atoms. The zero-order valence-electron chi connectivity index (χ0n) is 11.5. The van der Waals surface area contributed by atoms with E-state index < -0.39 is 18.1 Å². The molecule has 0 radical (unpaired) electrons. The number of halogens is 3. The van der Waals surface area contributed by atoms with Gasteiger partial charge in [-0.2, -0.15) is 13.2 Å². The molecule has 2 N–H and O–H groups in total. The molecule has 0 amide bonds. The highest BCUT2D eigenvalue weighted by Gasteiger charge is 2.32. The third kappa shape index (κ3) is 6.56. The van der Waals surface area contributed by atoms with Gasteiger partial charge in [0.05, 0.1) is 6.61 Å². The number of likely N-dealkylation sites (N-methyl/N-ethyl adjacent to an activating group) is 1. The molecule has 0 aliphatic heterocycles. The number of rotatable bonds is 9. The lowest BCUT2D eigenvalue weighted by Gasteiger charge is -2.40. The zero-order chi connectivity index (χ0) is 14.2. The second-order valence-corrected chi connectivity index (χ2v) is 4.74. The molecular formula is C12H25F3N2O. The average Bonchev–Trinajstić information content (AvgIpc) is 2.28. The topological polar surface area (TPSA) is 38.5 Å². The van der Waals surface area contributed by atoms with E-state index in [1.54, 1.807) is 7.11 Å². The van der Waals surface area contributed by atoms with E-state index in [4.69, 9.17) is 10.5 Å². The minimum Gasteiger partial charge on any atom is -0.383 e. The van der Waals surface area contributed by atoms with Crippen LogP contribution in [0, 0.1) is 0 Å². The summed E-state index contributed by atoms with van der Waals surface area (Å²) in [6, 6.07) is 0. The summed E-state index contributed by atoms with van der Waals surface area (Å²) < 4.78 is 41.5. The van der Waals surface area contributed by atoms with Crippen molar-refractivity contribution in [2.24, 2.45) is 5.73 Å². The van der Waals surface area contributed by atoms with Gasteiger partial charge in [-0.25, -0.2) is 0 Å². The van der Waals surface area contributed by atoms with E-state index in [0.717, 1.165) is 6.54 Å². The van der Waals surface area contributed by atoms with E-state index >= 15 is 0 Å². The van der Waals surface area contributed by atoms with Crippen molar-refractivity contribution in [1.29, 1.82) is 0 Å². The van der Waals surface area contributed by atoms with Gasteiger partial charge in [-0.1, -0.05) is 6.92 Å². The number of nitrogens with two attached hydrogens (primary N) is 1. The Kier molecular flexibility index (Phi) is 7.82. The van der Waals surface area contributed by atoms with Crippen molar-refractivity contribution < 1.29 is 17.9 Å². The monoisotopic (exact) mass is 270 g/mol. The lowest BCUT2D eigenvalue weighted by Crippen LogP contribution is -2.52. The van der Waals surface area contributed by atoms with Gasteiger partial charge >= 0.3 is 6.18 Å². The predicted molar refractivity (Wildman–Crippen MR) is 66.5 cm³/mol. The second kappa shape index (κ2) is 7.96. The van der Waals surface area contributed by atoms with Crippen molar-refractivity contribution in [3.8, 4) is 0 Å². The van der Waals surface area contributed by atoms with Gasteiger partial charge in [-0.3, -0.25) is 4.90 Å². The van der Waals surface area contributed by atoms with Crippen LogP contribution in [0.4, 0.5) is 13.2 Å². The molecule has 0 aliphatic rings. The van der Waals surface area contributed by atoms with E-state index in [0.29, 0.717) is 26.1 Å². The Labute approximate surface area is 107 Å². The van der Waals surface area contributed by atoms with E-state index in [1.807, 2.05) is 13.8 Å². The Balaban J connectivity index is 4.37. The minimum atomic E-state index is -4.08. The van der Waals surface area contributed by atoms with Gasteiger partial charge in [0, 0.05) is 32.2 Å². The highest BCUT2D eigenvalue weighted by atomic mass is 19.4. The van der Waals surface area contributed by atoms with Crippen molar-refractivity contribution >= 4 is 0 Å². The molecule has 0 aromatic heterocycles. The second-order valence-electron chi connectivity index (χ2n) is 4.74. The summed E-state index contributed by atoms with van der Waals surface area (Å²) in [7, 11) is 1.61. The number of nitrogens with zero attached hydrogens (tertiary/aromatic N) is 1. The molecule has 0 aliphatic carbocycles. The van der Waals surface area contributed by atoms with Crippen LogP contribution in [0.15, 0.2) is 0 Å². The highest BCUT2D eigenvalue weighted by molar-refractivity contribution is 4.87. The van der Waals surface area contributed by atoms with Crippen LogP contribution < -0.4 is 5.73 Å². The average molecular weight is 270 g/mol. The van der Waals surface area contributed by atoms with Crippen LogP contribution in [0.3, 0.4) is 0 Å². The van der Waals surface area contributed by atoms with E-state index in [2.05, 4.69) is 4.90 Å². The summed E-state index contributed by atoms with van der Waals surface area (Å²) in [5.41, 5.74) is 5.35. The first-order valence-electron chi connectivity index (χ1n) is 6.30. The summed E-state index contributed by atoms with van der Waals surface area (Å²) in [5.74, 6) is 0. The smallest absolute Gasteiger partial charge is 0.383 e. The van der Waals surface area contributed by atoms with Crippen LogP contribution in [0.2, 0.25) is 0 Å². The summed E-state index contributed by atoms with van der Waals surface area (Å²) in [6.07, 6.45) is -4.27. The van der Waals surface area contributed by atoms with Crippen LogP contribution in [0.25, 0.3) is 0 Å². The van der Waals surface area contributed by atoms with Crippen molar-refractivity contribution in [3.63, 3.8) is 0 Å². The van der Waals surface area contributed by atoms with E-state index in [-0.39, 0.29) is 6.42 Å². The van der Waals surface area contributed by atoms with Crippen LogP contribution >= 0.6 is 0 Å². The molecule has 0 fully saturated rings. The first-order chi connectivity index (χ1) is 8.29. The van der Waals surface area contributed by atoms with Crippen molar-refractivity contribution in [2.75, 3.05) is 33.4 Å². The Morgan fingerprint density at radius 2 is 1.83 bits per heavy atom. The fourth-order valence-corrected chi connectivity index (χ4v) is 2.07. The van der Waals surface area contributed by atoms with Gasteiger partial charge in [-0.15, -0.1) is 0 Å². The molecule has 0 spiro atoms. The van der Waals surface area contributed by atoms with Crippen molar-refractivity contribution in [3.05, 3.63) is 0 Å². The number of alkyl halides is 3. The molecule has 110 valence electrons. The highest BCUT2D eigenvalue weighted by Crippen LogP contribution is 2.27. The SMILES string of the molecule is CCN(CCOC)C(C)(CN)CCCC(F)(F)F. The maximum atomic E-state index is 12.2. The van der Waals surface area contributed by atoms with Gasteiger partial charge in [0.25, 0.3) is 0 Å². The van der Waals surface area contributed by atoms with Crippen molar-refractivity contribution in [2.45, 2.75) is 44.8 Å². The molecule has 0 heterocycles. The lowest BCUT2D eigenvalue weighted by molar-refractivity contribution is -0.136. The zero-order valence-corrected chi connectivity index (χ0v) is 11.5. The normalized spacial score (nSPS) is 16.0. The summed E-state index contributed by atoms with van der Waals surface area (Å²) in [4.78, 5) is 2.09. The molecule has 1 atom stereocenters. The van der Waals surface area contributed by atoms with Crippen LogP contribution in [0.5, 0.6) is 0 Å². The minimum absolute atomic E-state index is 0.112. The Bertz CT molecular complexity index is 224.